The molecule has 0 unspecified atom stereocenters. The van der Waals surface area contributed by atoms with Gasteiger partial charge in [-0.05, 0) is 0 Å². The predicted molar refractivity (Wildman–Crippen MR) is 35.8 cm³/mol. The zero-order chi connectivity index (χ0) is 4.99. The van der Waals surface area contributed by atoms with Crippen LogP contribution in [0, 0.1) is 19.8 Å². The van der Waals surface area contributed by atoms with Crippen molar-refractivity contribution in [3.63, 3.8) is 0 Å². The van der Waals surface area contributed by atoms with Crippen molar-refractivity contribution in [1.82, 2.24) is 0 Å². The maximum atomic E-state index is 3.72. The van der Waals surface area contributed by atoms with Gasteiger partial charge in [0.15, 0.2) is 0 Å². The Hall–Kier alpha value is 1.10. The molecule has 0 heterocycles. The minimum atomic E-state index is 0. The Kier molecular flexibility index (Phi) is 22.0. The van der Waals surface area contributed by atoms with Crippen LogP contribution in [0.25, 0.3) is 0 Å². The summed E-state index contributed by atoms with van der Waals surface area (Å²) >= 11 is 0. The SMILES string of the molecule is C.[CH2-]CC(C)C[CH2-].[Y]. The van der Waals surface area contributed by atoms with Crippen molar-refractivity contribution >= 4 is 0 Å². The quantitative estimate of drug-likeness (QED) is 0.586. The molecule has 0 bridgehead atoms. The van der Waals surface area contributed by atoms with Crippen LogP contribution in [-0.4, -0.2) is 0 Å². The van der Waals surface area contributed by atoms with Crippen molar-refractivity contribution in [2.24, 2.45) is 5.92 Å². The average molecular weight is 189 g/mol. The number of hydrogen-bond donors (Lipinski definition) is 0. The van der Waals surface area contributed by atoms with Gasteiger partial charge < -0.3 is 13.8 Å². The first kappa shape index (κ1) is 16.0. The number of rotatable bonds is 2. The fourth-order valence-electron chi connectivity index (χ4n) is 0.144. The van der Waals surface area contributed by atoms with E-state index in [9.17, 15) is 0 Å². The summed E-state index contributed by atoms with van der Waals surface area (Å²) in [6.07, 6.45) is 2.03. The zero-order valence-electron chi connectivity index (χ0n) is 4.98. The van der Waals surface area contributed by atoms with Gasteiger partial charge >= 0.3 is 0 Å². The summed E-state index contributed by atoms with van der Waals surface area (Å²) in [5.74, 6) is 0.713. The Morgan fingerprint density at radius 3 is 1.50 bits per heavy atom. The maximum Gasteiger partial charge on any atom is 0 e. The van der Waals surface area contributed by atoms with E-state index in [0.717, 1.165) is 12.8 Å². The van der Waals surface area contributed by atoms with Crippen molar-refractivity contribution in [1.29, 1.82) is 0 Å². The van der Waals surface area contributed by atoms with E-state index in [0.29, 0.717) is 5.92 Å². The second kappa shape index (κ2) is 11.0. The summed E-state index contributed by atoms with van der Waals surface area (Å²) in [4.78, 5) is 0. The molecular formula is C7H16Y-2. The third kappa shape index (κ3) is 10.2. The van der Waals surface area contributed by atoms with Crippen LogP contribution in [0.1, 0.15) is 27.2 Å². The summed E-state index contributed by atoms with van der Waals surface area (Å²) < 4.78 is 0. The summed E-state index contributed by atoms with van der Waals surface area (Å²) in [5.41, 5.74) is 0. The van der Waals surface area contributed by atoms with Gasteiger partial charge in [0.05, 0.1) is 0 Å². The third-order valence-corrected chi connectivity index (χ3v) is 0.986. The van der Waals surface area contributed by atoms with E-state index in [4.69, 9.17) is 0 Å². The topological polar surface area (TPSA) is 0 Å². The molecule has 0 N–H and O–H groups in total. The summed E-state index contributed by atoms with van der Waals surface area (Å²) in [6, 6.07) is 0. The Labute approximate surface area is 79.3 Å². The van der Waals surface area contributed by atoms with E-state index >= 15 is 0 Å². The normalized spacial score (nSPS) is 7.50. The molecule has 0 saturated carbocycles. The van der Waals surface area contributed by atoms with Crippen molar-refractivity contribution in [3.8, 4) is 0 Å². The molecule has 0 nitrogen and oxygen atoms in total. The van der Waals surface area contributed by atoms with Crippen LogP contribution in [0.3, 0.4) is 0 Å². The smallest absolute Gasteiger partial charge is 0 e. The van der Waals surface area contributed by atoms with Gasteiger partial charge in [0.1, 0.15) is 0 Å². The van der Waals surface area contributed by atoms with Gasteiger partial charge in [-0.2, -0.15) is 12.8 Å². The van der Waals surface area contributed by atoms with E-state index in [1.54, 1.807) is 0 Å². The Bertz CT molecular complexity index is 23.6. The van der Waals surface area contributed by atoms with Crippen molar-refractivity contribution in [2.75, 3.05) is 0 Å². The van der Waals surface area contributed by atoms with Crippen LogP contribution in [-0.2, 0) is 32.7 Å². The Balaban J connectivity index is -0.000000125. The summed E-state index contributed by atoms with van der Waals surface area (Å²) in [6.45, 7) is 9.59. The molecule has 0 aliphatic rings. The first-order valence-electron chi connectivity index (χ1n) is 2.39. The standard InChI is InChI=1S/C6H12.CH4.Y/c1-4-6(3)5-2;;/h6H,1-2,4-5H2,3H3;1H4;/q-2;;. The van der Waals surface area contributed by atoms with Gasteiger partial charge in [0, 0.05) is 32.7 Å². The average Bonchev–Trinajstić information content (AvgIpc) is 1.65. The molecule has 0 fully saturated rings. The molecule has 0 rings (SSSR count). The molecule has 0 atom stereocenters. The second-order valence-corrected chi connectivity index (χ2v) is 1.68. The molecule has 0 spiro atoms. The fraction of sp³-hybridized carbons (Fsp3) is 0.714. The monoisotopic (exact) mass is 189 g/mol. The van der Waals surface area contributed by atoms with Gasteiger partial charge in [0.25, 0.3) is 0 Å². The molecule has 0 aliphatic carbocycles. The minimum Gasteiger partial charge on any atom is -0.343 e. The Morgan fingerprint density at radius 1 is 1.25 bits per heavy atom. The molecule has 1 heteroatoms. The maximum absolute atomic E-state index is 3.72. The van der Waals surface area contributed by atoms with Crippen molar-refractivity contribution < 1.29 is 32.7 Å². The minimum absolute atomic E-state index is 0. The van der Waals surface area contributed by atoms with E-state index in [2.05, 4.69) is 20.8 Å². The first-order chi connectivity index (χ1) is 2.81. The predicted octanol–water partition coefficient (Wildman–Crippen LogP) is 2.70. The van der Waals surface area contributed by atoms with Gasteiger partial charge in [-0.25, -0.2) is 0 Å². The zero-order valence-corrected chi connectivity index (χ0v) is 7.82. The molecule has 0 aromatic carbocycles. The van der Waals surface area contributed by atoms with Crippen LogP contribution in [0.4, 0.5) is 0 Å². The van der Waals surface area contributed by atoms with E-state index in [1.165, 1.54) is 0 Å². The molecule has 1 radical (unpaired) electrons. The van der Waals surface area contributed by atoms with Crippen LogP contribution >= 0.6 is 0 Å². The van der Waals surface area contributed by atoms with Gasteiger partial charge in [-0.1, -0.05) is 20.3 Å². The van der Waals surface area contributed by atoms with E-state index in [1.807, 2.05) is 0 Å². The van der Waals surface area contributed by atoms with Gasteiger partial charge in [-0.3, -0.25) is 0 Å². The van der Waals surface area contributed by atoms with Gasteiger partial charge in [0.2, 0.25) is 0 Å². The van der Waals surface area contributed by atoms with Crippen molar-refractivity contribution in [3.05, 3.63) is 13.8 Å². The molecule has 0 amide bonds. The molecule has 8 heavy (non-hydrogen) atoms. The second-order valence-electron chi connectivity index (χ2n) is 1.68. The van der Waals surface area contributed by atoms with Crippen LogP contribution in [0.15, 0.2) is 0 Å². The molecule has 0 aromatic heterocycles. The van der Waals surface area contributed by atoms with Crippen LogP contribution in [0.5, 0.6) is 0 Å². The fourth-order valence-corrected chi connectivity index (χ4v) is 0.144. The molecule has 0 aliphatic heterocycles. The first-order valence-corrected chi connectivity index (χ1v) is 2.39. The molecule has 0 aromatic rings. The van der Waals surface area contributed by atoms with Crippen molar-refractivity contribution in [2.45, 2.75) is 27.2 Å². The number of hydrogen-bond acceptors (Lipinski definition) is 0. The molecule has 0 saturated heterocycles. The largest absolute Gasteiger partial charge is 0.343 e. The Morgan fingerprint density at radius 2 is 1.50 bits per heavy atom. The van der Waals surface area contributed by atoms with Crippen LogP contribution < -0.4 is 0 Å². The van der Waals surface area contributed by atoms with E-state index < -0.39 is 0 Å². The third-order valence-electron chi connectivity index (χ3n) is 0.986. The van der Waals surface area contributed by atoms with Crippen LogP contribution in [0.2, 0.25) is 0 Å². The molecule has 49 valence electrons. The molecular weight excluding hydrogens is 173 g/mol. The summed E-state index contributed by atoms with van der Waals surface area (Å²) in [5, 5.41) is 0. The summed E-state index contributed by atoms with van der Waals surface area (Å²) in [7, 11) is 0. The van der Waals surface area contributed by atoms with E-state index in [-0.39, 0.29) is 40.1 Å². The van der Waals surface area contributed by atoms with Gasteiger partial charge in [-0.15, -0.1) is 0 Å².